The molecular formula is C12H9NO3. The third kappa shape index (κ3) is 2.36. The highest BCUT2D eigenvalue weighted by atomic mass is 16.5. The summed E-state index contributed by atoms with van der Waals surface area (Å²) >= 11 is 0. The van der Waals surface area contributed by atoms with E-state index in [0.29, 0.717) is 11.5 Å². The van der Waals surface area contributed by atoms with Crippen LogP contribution in [-0.2, 0) is 0 Å². The summed E-state index contributed by atoms with van der Waals surface area (Å²) in [6, 6.07) is 9.74. The van der Waals surface area contributed by atoms with Gasteiger partial charge in [0.15, 0.2) is 0 Å². The average molecular weight is 215 g/mol. The number of carbonyl (C=O) groups is 1. The van der Waals surface area contributed by atoms with Crippen molar-refractivity contribution in [2.75, 3.05) is 0 Å². The second-order valence-electron chi connectivity index (χ2n) is 3.12. The zero-order valence-corrected chi connectivity index (χ0v) is 8.33. The first-order valence-corrected chi connectivity index (χ1v) is 4.67. The van der Waals surface area contributed by atoms with Gasteiger partial charge < -0.3 is 9.84 Å². The molecule has 1 N–H and O–H groups in total. The molecule has 0 saturated carbocycles. The van der Waals surface area contributed by atoms with Crippen LogP contribution in [0.1, 0.15) is 10.4 Å². The van der Waals surface area contributed by atoms with Crippen molar-refractivity contribution in [3.8, 4) is 11.5 Å². The number of carboxylic acid groups (broad SMARTS) is 1. The summed E-state index contributed by atoms with van der Waals surface area (Å²) < 4.78 is 5.46. The Bertz CT molecular complexity index is 479. The molecule has 2 rings (SSSR count). The second-order valence-corrected chi connectivity index (χ2v) is 3.12. The highest BCUT2D eigenvalue weighted by Gasteiger charge is 2.02. The van der Waals surface area contributed by atoms with E-state index in [9.17, 15) is 4.79 Å². The molecule has 0 unspecified atom stereocenters. The molecule has 0 fully saturated rings. The van der Waals surface area contributed by atoms with Crippen molar-refractivity contribution in [2.24, 2.45) is 0 Å². The number of carboxylic acids is 1. The van der Waals surface area contributed by atoms with Crippen LogP contribution in [0.15, 0.2) is 48.8 Å². The first-order chi connectivity index (χ1) is 7.75. The minimum atomic E-state index is -0.951. The van der Waals surface area contributed by atoms with E-state index in [-0.39, 0.29) is 5.56 Å². The Morgan fingerprint density at radius 3 is 2.44 bits per heavy atom. The minimum absolute atomic E-state index is 0.235. The molecule has 0 amide bonds. The van der Waals surface area contributed by atoms with Crippen LogP contribution >= 0.6 is 0 Å². The standard InChI is InChI=1S/C12H9NO3/c14-12(15)9-3-5-10(6-4-9)16-11-2-1-7-13-8-11/h1-8H,(H,14,15). The van der Waals surface area contributed by atoms with Crippen molar-refractivity contribution in [3.05, 3.63) is 54.4 Å². The fourth-order valence-electron chi connectivity index (χ4n) is 1.21. The van der Waals surface area contributed by atoms with Crippen LogP contribution in [0.25, 0.3) is 0 Å². The summed E-state index contributed by atoms with van der Waals surface area (Å²) in [6.45, 7) is 0. The van der Waals surface area contributed by atoms with Crippen molar-refractivity contribution < 1.29 is 14.6 Å². The molecule has 0 saturated heterocycles. The van der Waals surface area contributed by atoms with Crippen LogP contribution in [0.3, 0.4) is 0 Å². The quantitative estimate of drug-likeness (QED) is 0.854. The van der Waals surface area contributed by atoms with Crippen LogP contribution in [0.2, 0.25) is 0 Å². The summed E-state index contributed by atoms with van der Waals surface area (Å²) in [7, 11) is 0. The number of hydrogen-bond donors (Lipinski definition) is 1. The maximum absolute atomic E-state index is 10.6. The predicted molar refractivity (Wildman–Crippen MR) is 57.7 cm³/mol. The Morgan fingerprint density at radius 2 is 1.88 bits per heavy atom. The van der Waals surface area contributed by atoms with Crippen molar-refractivity contribution >= 4 is 5.97 Å². The van der Waals surface area contributed by atoms with Gasteiger partial charge in [0, 0.05) is 6.20 Å². The molecule has 2 aromatic rings. The SMILES string of the molecule is O=C(O)c1ccc(Oc2cccnc2)cc1. The normalized spacial score (nSPS) is 9.75. The van der Waals surface area contributed by atoms with Gasteiger partial charge in [-0.15, -0.1) is 0 Å². The molecule has 4 heteroatoms. The minimum Gasteiger partial charge on any atom is -0.478 e. The number of aromatic nitrogens is 1. The van der Waals surface area contributed by atoms with Gasteiger partial charge in [-0.2, -0.15) is 0 Å². The lowest BCUT2D eigenvalue weighted by molar-refractivity contribution is 0.0697. The Balaban J connectivity index is 2.14. The molecule has 80 valence electrons. The van der Waals surface area contributed by atoms with Gasteiger partial charge in [0.2, 0.25) is 0 Å². The lowest BCUT2D eigenvalue weighted by Gasteiger charge is -2.04. The molecular weight excluding hydrogens is 206 g/mol. The van der Waals surface area contributed by atoms with Gasteiger partial charge in [-0.05, 0) is 36.4 Å². The number of benzene rings is 1. The maximum atomic E-state index is 10.6. The first-order valence-electron chi connectivity index (χ1n) is 4.67. The molecule has 4 nitrogen and oxygen atoms in total. The van der Waals surface area contributed by atoms with Gasteiger partial charge in [-0.25, -0.2) is 4.79 Å². The molecule has 0 spiro atoms. The van der Waals surface area contributed by atoms with Crippen molar-refractivity contribution in [2.45, 2.75) is 0 Å². The molecule has 1 aromatic heterocycles. The zero-order valence-electron chi connectivity index (χ0n) is 8.33. The van der Waals surface area contributed by atoms with Gasteiger partial charge in [0.1, 0.15) is 11.5 Å². The molecule has 0 aliphatic heterocycles. The summed E-state index contributed by atoms with van der Waals surface area (Å²) in [4.78, 5) is 14.5. The fraction of sp³-hybridized carbons (Fsp3) is 0. The lowest BCUT2D eigenvalue weighted by Crippen LogP contribution is -1.95. The number of rotatable bonds is 3. The van der Waals surface area contributed by atoms with Crippen LogP contribution in [0.4, 0.5) is 0 Å². The Hall–Kier alpha value is -2.36. The van der Waals surface area contributed by atoms with Crippen molar-refractivity contribution in [1.29, 1.82) is 0 Å². The van der Waals surface area contributed by atoms with E-state index >= 15 is 0 Å². The van der Waals surface area contributed by atoms with Gasteiger partial charge in [0.25, 0.3) is 0 Å². The number of aromatic carboxylic acids is 1. The molecule has 0 aliphatic carbocycles. The number of nitrogens with zero attached hydrogens (tertiary/aromatic N) is 1. The van der Waals surface area contributed by atoms with E-state index in [0.717, 1.165) is 0 Å². The summed E-state index contributed by atoms with van der Waals surface area (Å²) in [5.74, 6) is 0.247. The molecule has 1 heterocycles. The van der Waals surface area contributed by atoms with E-state index in [1.54, 1.807) is 36.7 Å². The average Bonchev–Trinajstić information content (AvgIpc) is 2.31. The highest BCUT2D eigenvalue weighted by Crippen LogP contribution is 2.20. The van der Waals surface area contributed by atoms with Crippen LogP contribution in [-0.4, -0.2) is 16.1 Å². The second kappa shape index (κ2) is 4.44. The van der Waals surface area contributed by atoms with Crippen LogP contribution in [0, 0.1) is 0 Å². The van der Waals surface area contributed by atoms with E-state index in [1.165, 1.54) is 12.1 Å². The fourth-order valence-corrected chi connectivity index (χ4v) is 1.21. The first kappa shape index (κ1) is 10.2. The topological polar surface area (TPSA) is 59.4 Å². The van der Waals surface area contributed by atoms with Crippen molar-refractivity contribution in [3.63, 3.8) is 0 Å². The largest absolute Gasteiger partial charge is 0.478 e. The smallest absolute Gasteiger partial charge is 0.335 e. The van der Waals surface area contributed by atoms with Crippen LogP contribution in [0.5, 0.6) is 11.5 Å². The van der Waals surface area contributed by atoms with E-state index in [1.807, 2.05) is 0 Å². The Morgan fingerprint density at radius 1 is 1.12 bits per heavy atom. The van der Waals surface area contributed by atoms with E-state index in [2.05, 4.69) is 4.98 Å². The third-order valence-electron chi connectivity index (χ3n) is 1.97. The van der Waals surface area contributed by atoms with Gasteiger partial charge in [-0.1, -0.05) is 0 Å². The van der Waals surface area contributed by atoms with Gasteiger partial charge >= 0.3 is 5.97 Å². The maximum Gasteiger partial charge on any atom is 0.335 e. The summed E-state index contributed by atoms with van der Waals surface area (Å²) in [5, 5.41) is 8.71. The Labute approximate surface area is 92.1 Å². The Kier molecular flexibility index (Phi) is 2.82. The molecule has 0 radical (unpaired) electrons. The van der Waals surface area contributed by atoms with E-state index < -0.39 is 5.97 Å². The van der Waals surface area contributed by atoms with Crippen molar-refractivity contribution in [1.82, 2.24) is 4.98 Å². The number of pyridine rings is 1. The van der Waals surface area contributed by atoms with E-state index in [4.69, 9.17) is 9.84 Å². The number of hydrogen-bond acceptors (Lipinski definition) is 3. The van der Waals surface area contributed by atoms with Crippen LogP contribution < -0.4 is 4.74 Å². The third-order valence-corrected chi connectivity index (χ3v) is 1.97. The number of ether oxygens (including phenoxy) is 1. The monoisotopic (exact) mass is 215 g/mol. The van der Waals surface area contributed by atoms with Gasteiger partial charge in [0.05, 0.1) is 11.8 Å². The zero-order chi connectivity index (χ0) is 11.4. The van der Waals surface area contributed by atoms with Gasteiger partial charge in [-0.3, -0.25) is 4.98 Å². The molecule has 16 heavy (non-hydrogen) atoms. The molecule has 1 aromatic carbocycles. The predicted octanol–water partition coefficient (Wildman–Crippen LogP) is 2.57. The lowest BCUT2D eigenvalue weighted by atomic mass is 10.2. The molecule has 0 bridgehead atoms. The molecule has 0 atom stereocenters. The summed E-state index contributed by atoms with van der Waals surface area (Å²) in [6.07, 6.45) is 3.24. The molecule has 0 aliphatic rings. The summed E-state index contributed by atoms with van der Waals surface area (Å²) in [5.41, 5.74) is 0.235. The highest BCUT2D eigenvalue weighted by molar-refractivity contribution is 5.87.